The van der Waals surface area contributed by atoms with Gasteiger partial charge in [-0.25, -0.2) is 9.59 Å². The van der Waals surface area contributed by atoms with Gasteiger partial charge in [0.05, 0.1) is 18.2 Å². The van der Waals surface area contributed by atoms with Crippen LogP contribution in [-0.2, 0) is 25.5 Å². The second-order valence-corrected chi connectivity index (χ2v) is 6.96. The molecule has 0 aliphatic heterocycles. The second kappa shape index (κ2) is 10.0. The number of carbonyl (C=O) groups excluding carboxylic acids is 3. The molecule has 0 aliphatic rings. The first-order valence-corrected chi connectivity index (χ1v) is 9.76. The Kier molecular flexibility index (Phi) is 7.70. The van der Waals surface area contributed by atoms with E-state index in [9.17, 15) is 14.4 Å². The molecule has 0 saturated carbocycles. The highest BCUT2D eigenvalue weighted by Gasteiger charge is 2.27. The number of hydrogen-bond acceptors (Lipinski definition) is 6. The topological polar surface area (TPSA) is 94.6 Å². The van der Waals surface area contributed by atoms with E-state index < -0.39 is 30.5 Å². The predicted octanol–water partition coefficient (Wildman–Crippen LogP) is 2.97. The largest absolute Gasteiger partial charge is 0.467 e. The van der Waals surface area contributed by atoms with Gasteiger partial charge in [-0.1, -0.05) is 45.4 Å². The number of esters is 2. The number of nitrogens with one attached hydrogen (secondary N) is 1. The van der Waals surface area contributed by atoms with Gasteiger partial charge in [0.2, 0.25) is 0 Å². The molecule has 2 aromatic rings. The van der Waals surface area contributed by atoms with Gasteiger partial charge >= 0.3 is 11.9 Å². The van der Waals surface area contributed by atoms with Gasteiger partial charge in [0.25, 0.3) is 5.91 Å². The highest BCUT2D eigenvalue weighted by atomic mass is 16.5. The van der Waals surface area contributed by atoms with E-state index in [0.29, 0.717) is 29.3 Å². The van der Waals surface area contributed by atoms with Crippen molar-refractivity contribution in [3.05, 3.63) is 41.1 Å². The summed E-state index contributed by atoms with van der Waals surface area (Å²) in [6.45, 7) is 7.06. The Morgan fingerprint density at radius 1 is 1.17 bits per heavy atom. The summed E-state index contributed by atoms with van der Waals surface area (Å²) in [5.74, 6) is -1.78. The van der Waals surface area contributed by atoms with Crippen LogP contribution in [0.15, 0.2) is 24.3 Å². The average molecular weight is 400 g/mol. The van der Waals surface area contributed by atoms with Crippen molar-refractivity contribution in [2.75, 3.05) is 13.7 Å². The molecule has 1 N–H and O–H groups in total. The highest BCUT2D eigenvalue weighted by molar-refractivity contribution is 6.05. The van der Waals surface area contributed by atoms with Gasteiger partial charge in [0.1, 0.15) is 6.04 Å². The van der Waals surface area contributed by atoms with E-state index in [0.717, 1.165) is 11.3 Å². The minimum absolute atomic E-state index is 0.111. The van der Waals surface area contributed by atoms with Gasteiger partial charge in [-0.2, -0.15) is 0 Å². The van der Waals surface area contributed by atoms with Gasteiger partial charge in [0, 0.05) is 11.1 Å². The molecule has 1 amide bonds. The third kappa shape index (κ3) is 5.10. The predicted molar refractivity (Wildman–Crippen MR) is 110 cm³/mol. The second-order valence-electron chi connectivity index (χ2n) is 6.96. The summed E-state index contributed by atoms with van der Waals surface area (Å²) in [5, 5.41) is 3.28. The van der Waals surface area contributed by atoms with E-state index in [-0.39, 0.29) is 5.92 Å². The molecule has 1 aromatic heterocycles. The standard InChI is InChI=1S/C22H28N2O5/c1-6-13(3)20(22(27)28-5)24-18(25)12-29-21(26)19-14(4)16(7-2)23-17-11-9-8-10-15(17)19/h8-11,13,20H,6-7,12H2,1-5H3,(H,24,25)/t13-,20+/m0/s1. The monoisotopic (exact) mass is 400 g/mol. The lowest BCUT2D eigenvalue weighted by atomic mass is 9.99. The molecule has 2 rings (SSSR count). The molecule has 7 nitrogen and oxygen atoms in total. The third-order valence-corrected chi connectivity index (χ3v) is 5.09. The first-order valence-electron chi connectivity index (χ1n) is 9.76. The van der Waals surface area contributed by atoms with Crippen LogP contribution in [0.2, 0.25) is 0 Å². The SMILES string of the molecule is CCc1nc2ccccc2c(C(=O)OCC(=O)N[C@@H](C(=O)OC)[C@@H](C)CC)c1C. The van der Waals surface area contributed by atoms with Crippen LogP contribution in [0.4, 0.5) is 0 Å². The minimum atomic E-state index is -0.786. The molecule has 0 bridgehead atoms. The molecule has 0 unspecified atom stereocenters. The summed E-state index contributed by atoms with van der Waals surface area (Å²) < 4.78 is 10.0. The van der Waals surface area contributed by atoms with Crippen LogP contribution in [0.5, 0.6) is 0 Å². The number of aryl methyl sites for hydroxylation is 1. The van der Waals surface area contributed by atoms with Gasteiger partial charge in [0.15, 0.2) is 6.61 Å². The summed E-state index contributed by atoms with van der Waals surface area (Å²) in [7, 11) is 1.27. The molecule has 156 valence electrons. The van der Waals surface area contributed by atoms with Crippen molar-refractivity contribution in [3.8, 4) is 0 Å². The summed E-state index contributed by atoms with van der Waals surface area (Å²) in [6, 6.07) is 6.54. The Labute approximate surface area is 170 Å². The number of ether oxygens (including phenoxy) is 2. The molecule has 2 atom stereocenters. The average Bonchev–Trinajstić information content (AvgIpc) is 2.74. The molecule has 1 heterocycles. The lowest BCUT2D eigenvalue weighted by molar-refractivity contribution is -0.147. The van der Waals surface area contributed by atoms with E-state index in [4.69, 9.17) is 9.47 Å². The van der Waals surface area contributed by atoms with Crippen molar-refractivity contribution < 1.29 is 23.9 Å². The number of amides is 1. The van der Waals surface area contributed by atoms with Gasteiger partial charge < -0.3 is 14.8 Å². The van der Waals surface area contributed by atoms with Crippen molar-refractivity contribution in [3.63, 3.8) is 0 Å². The maximum Gasteiger partial charge on any atom is 0.339 e. The number of para-hydroxylation sites is 1. The van der Waals surface area contributed by atoms with Gasteiger partial charge in [-0.15, -0.1) is 0 Å². The molecule has 7 heteroatoms. The zero-order valence-corrected chi connectivity index (χ0v) is 17.6. The molecule has 0 spiro atoms. The Balaban J connectivity index is 2.18. The molecule has 29 heavy (non-hydrogen) atoms. The van der Waals surface area contributed by atoms with Crippen molar-refractivity contribution >= 4 is 28.7 Å². The molecular weight excluding hydrogens is 372 g/mol. The number of aromatic nitrogens is 1. The van der Waals surface area contributed by atoms with Crippen molar-refractivity contribution in [1.82, 2.24) is 10.3 Å². The minimum Gasteiger partial charge on any atom is -0.467 e. The molecule has 0 aliphatic carbocycles. The number of fused-ring (bicyclic) bond motifs is 1. The van der Waals surface area contributed by atoms with Crippen LogP contribution in [-0.4, -0.2) is 42.6 Å². The van der Waals surface area contributed by atoms with Crippen LogP contribution in [0.3, 0.4) is 0 Å². The Hall–Kier alpha value is -2.96. The zero-order valence-electron chi connectivity index (χ0n) is 17.6. The molecule has 0 fully saturated rings. The van der Waals surface area contributed by atoms with Gasteiger partial charge in [-0.05, 0) is 30.9 Å². The number of methoxy groups -OCH3 is 1. The van der Waals surface area contributed by atoms with E-state index in [1.54, 1.807) is 0 Å². The van der Waals surface area contributed by atoms with Crippen LogP contribution in [0, 0.1) is 12.8 Å². The quantitative estimate of drug-likeness (QED) is 0.685. The number of pyridine rings is 1. The molecule has 0 saturated heterocycles. The fourth-order valence-corrected chi connectivity index (χ4v) is 3.18. The van der Waals surface area contributed by atoms with Gasteiger partial charge in [-0.3, -0.25) is 9.78 Å². The summed E-state index contributed by atoms with van der Waals surface area (Å²) in [4.78, 5) is 41.6. The Bertz CT molecular complexity index is 909. The number of rotatable bonds is 8. The smallest absolute Gasteiger partial charge is 0.339 e. The summed E-state index contributed by atoms with van der Waals surface area (Å²) in [5.41, 5.74) is 2.66. The highest BCUT2D eigenvalue weighted by Crippen LogP contribution is 2.24. The summed E-state index contributed by atoms with van der Waals surface area (Å²) >= 11 is 0. The molecule has 1 aromatic carbocycles. The van der Waals surface area contributed by atoms with Crippen LogP contribution >= 0.6 is 0 Å². The van der Waals surface area contributed by atoms with Crippen molar-refractivity contribution in [2.45, 2.75) is 46.6 Å². The normalized spacial score (nSPS) is 12.9. The lowest BCUT2D eigenvalue weighted by Crippen LogP contribution is -2.47. The van der Waals surface area contributed by atoms with E-state index >= 15 is 0 Å². The first kappa shape index (κ1) is 22.3. The van der Waals surface area contributed by atoms with Crippen LogP contribution in [0.1, 0.15) is 48.8 Å². The fourth-order valence-electron chi connectivity index (χ4n) is 3.18. The van der Waals surface area contributed by atoms with E-state index in [1.165, 1.54) is 7.11 Å². The van der Waals surface area contributed by atoms with Crippen molar-refractivity contribution in [2.24, 2.45) is 5.92 Å². The number of hydrogen-bond donors (Lipinski definition) is 1. The number of nitrogens with zero attached hydrogens (tertiary/aromatic N) is 1. The number of carbonyl (C=O) groups is 3. The maximum absolute atomic E-state index is 12.8. The number of benzene rings is 1. The first-order chi connectivity index (χ1) is 13.8. The van der Waals surface area contributed by atoms with E-state index in [1.807, 2.05) is 52.0 Å². The zero-order chi connectivity index (χ0) is 21.6. The fraction of sp³-hybridized carbons (Fsp3) is 0.455. The maximum atomic E-state index is 12.8. The van der Waals surface area contributed by atoms with Crippen LogP contribution < -0.4 is 5.32 Å². The lowest BCUT2D eigenvalue weighted by Gasteiger charge is -2.21. The van der Waals surface area contributed by atoms with Crippen molar-refractivity contribution in [1.29, 1.82) is 0 Å². The third-order valence-electron chi connectivity index (χ3n) is 5.09. The Morgan fingerprint density at radius 3 is 2.48 bits per heavy atom. The summed E-state index contributed by atoms with van der Waals surface area (Å²) in [6.07, 6.45) is 1.36. The van der Waals surface area contributed by atoms with Crippen LogP contribution in [0.25, 0.3) is 10.9 Å². The molecule has 0 radical (unpaired) electrons. The van der Waals surface area contributed by atoms with E-state index in [2.05, 4.69) is 10.3 Å². The molecular formula is C22H28N2O5. The Morgan fingerprint density at radius 2 is 1.86 bits per heavy atom.